The van der Waals surface area contributed by atoms with Crippen LogP contribution < -0.4 is 19.6 Å². The molecule has 0 atom stereocenters. The topological polar surface area (TPSA) is 97.8 Å². The highest BCUT2D eigenvalue weighted by molar-refractivity contribution is 5.94. The Kier molecular flexibility index (Phi) is 6.69. The number of H-pyrrole nitrogens is 1. The van der Waals surface area contributed by atoms with Gasteiger partial charge >= 0.3 is 0 Å². The molecule has 8 heteroatoms. The number of aryl methyl sites for hydroxylation is 1. The predicted octanol–water partition coefficient (Wildman–Crippen LogP) is 3.43. The van der Waals surface area contributed by atoms with E-state index in [-0.39, 0.29) is 0 Å². The minimum absolute atomic E-state index is 0.306. The molecule has 30 heavy (non-hydrogen) atoms. The Morgan fingerprint density at radius 1 is 1.03 bits per heavy atom. The van der Waals surface area contributed by atoms with E-state index in [0.717, 1.165) is 12.0 Å². The van der Waals surface area contributed by atoms with Crippen molar-refractivity contribution < 1.29 is 19.0 Å². The third kappa shape index (κ3) is 4.60. The number of aromatic nitrogens is 2. The number of benzene rings is 2. The van der Waals surface area contributed by atoms with Gasteiger partial charge in [-0.2, -0.15) is 10.2 Å². The first-order chi connectivity index (χ1) is 14.6. The number of aromatic amines is 1. The van der Waals surface area contributed by atoms with Gasteiger partial charge in [-0.15, -0.1) is 0 Å². The van der Waals surface area contributed by atoms with Crippen molar-refractivity contribution in [2.24, 2.45) is 5.10 Å². The van der Waals surface area contributed by atoms with Crippen LogP contribution in [-0.4, -0.2) is 43.6 Å². The van der Waals surface area contributed by atoms with E-state index in [0.29, 0.717) is 34.2 Å². The maximum Gasteiger partial charge on any atom is 0.289 e. The lowest BCUT2D eigenvalue weighted by Gasteiger charge is -2.11. The van der Waals surface area contributed by atoms with Crippen LogP contribution in [0.3, 0.4) is 0 Å². The minimum atomic E-state index is -0.408. The monoisotopic (exact) mass is 408 g/mol. The summed E-state index contributed by atoms with van der Waals surface area (Å²) in [7, 11) is 4.62. The molecule has 0 aliphatic rings. The van der Waals surface area contributed by atoms with Gasteiger partial charge in [0.1, 0.15) is 11.4 Å². The van der Waals surface area contributed by atoms with E-state index < -0.39 is 5.91 Å². The number of ether oxygens (including phenoxy) is 3. The van der Waals surface area contributed by atoms with Crippen molar-refractivity contribution in [1.29, 1.82) is 0 Å². The summed E-state index contributed by atoms with van der Waals surface area (Å²) in [4.78, 5) is 12.4. The summed E-state index contributed by atoms with van der Waals surface area (Å²) in [6.07, 6.45) is 2.44. The number of hydrogen-bond acceptors (Lipinski definition) is 6. The zero-order valence-corrected chi connectivity index (χ0v) is 17.4. The minimum Gasteiger partial charge on any atom is -0.496 e. The molecule has 156 valence electrons. The van der Waals surface area contributed by atoms with Gasteiger partial charge in [-0.25, -0.2) is 5.43 Å². The quantitative estimate of drug-likeness (QED) is 0.440. The van der Waals surface area contributed by atoms with Crippen molar-refractivity contribution in [3.05, 3.63) is 59.3 Å². The van der Waals surface area contributed by atoms with Crippen LogP contribution in [0.25, 0.3) is 11.3 Å². The largest absolute Gasteiger partial charge is 0.496 e. The van der Waals surface area contributed by atoms with E-state index in [9.17, 15) is 4.79 Å². The summed E-state index contributed by atoms with van der Waals surface area (Å²) < 4.78 is 15.9. The molecule has 2 N–H and O–H groups in total. The molecular formula is C22H24N4O4. The van der Waals surface area contributed by atoms with Gasteiger partial charge in [-0.3, -0.25) is 9.89 Å². The van der Waals surface area contributed by atoms with Gasteiger partial charge < -0.3 is 14.2 Å². The molecule has 2 aromatic carbocycles. The van der Waals surface area contributed by atoms with Crippen LogP contribution in [0.5, 0.6) is 17.2 Å². The van der Waals surface area contributed by atoms with Crippen molar-refractivity contribution in [2.75, 3.05) is 21.3 Å². The van der Waals surface area contributed by atoms with E-state index in [1.807, 2.05) is 24.3 Å². The molecule has 0 saturated heterocycles. The van der Waals surface area contributed by atoms with Crippen molar-refractivity contribution in [3.63, 3.8) is 0 Å². The van der Waals surface area contributed by atoms with Crippen LogP contribution in [-0.2, 0) is 6.42 Å². The fourth-order valence-electron chi connectivity index (χ4n) is 2.87. The molecular weight excluding hydrogens is 384 g/mol. The lowest BCUT2D eigenvalue weighted by molar-refractivity contribution is 0.0950. The van der Waals surface area contributed by atoms with E-state index in [1.54, 1.807) is 32.4 Å². The Labute approximate surface area is 174 Å². The first kappa shape index (κ1) is 20.9. The second-order valence-electron chi connectivity index (χ2n) is 6.37. The Hall–Kier alpha value is -3.81. The number of nitrogens with zero attached hydrogens (tertiary/aromatic N) is 2. The van der Waals surface area contributed by atoms with Gasteiger partial charge in [0.05, 0.1) is 33.2 Å². The highest BCUT2D eigenvalue weighted by Gasteiger charge is 2.12. The highest BCUT2D eigenvalue weighted by Crippen LogP contribution is 2.33. The Morgan fingerprint density at radius 3 is 2.33 bits per heavy atom. The lowest BCUT2D eigenvalue weighted by Crippen LogP contribution is -2.18. The molecule has 0 spiro atoms. The molecule has 0 radical (unpaired) electrons. The Bertz CT molecular complexity index is 1040. The zero-order valence-electron chi connectivity index (χ0n) is 17.4. The van der Waals surface area contributed by atoms with Gasteiger partial charge in [-0.05, 0) is 24.1 Å². The number of rotatable bonds is 8. The number of carbonyl (C=O) groups excluding carboxylic acids is 1. The number of hydrazone groups is 1. The normalized spacial score (nSPS) is 10.8. The van der Waals surface area contributed by atoms with E-state index in [1.165, 1.54) is 18.9 Å². The standard InChI is InChI=1S/C22H24N4O4/c1-5-14-6-8-15(9-7-14)17-11-18(25-24-17)22(27)26-23-13-16-10-20(29-3)21(30-4)12-19(16)28-2/h6-13H,5H2,1-4H3,(H,24,25)(H,26,27)/b23-13-. The van der Waals surface area contributed by atoms with Crippen LogP contribution >= 0.6 is 0 Å². The van der Waals surface area contributed by atoms with E-state index in [2.05, 4.69) is 27.6 Å². The maximum atomic E-state index is 12.4. The van der Waals surface area contributed by atoms with Crippen LogP contribution in [0.15, 0.2) is 47.6 Å². The molecule has 3 rings (SSSR count). The third-order valence-electron chi connectivity index (χ3n) is 4.59. The summed E-state index contributed by atoms with van der Waals surface area (Å²) in [6.45, 7) is 2.10. The first-order valence-corrected chi connectivity index (χ1v) is 9.37. The molecule has 1 aromatic heterocycles. The highest BCUT2D eigenvalue weighted by atomic mass is 16.5. The van der Waals surface area contributed by atoms with Gasteiger partial charge in [0.2, 0.25) is 0 Å². The van der Waals surface area contributed by atoms with Crippen LogP contribution in [0, 0.1) is 0 Å². The molecule has 0 unspecified atom stereocenters. The second kappa shape index (κ2) is 9.60. The summed E-state index contributed by atoms with van der Waals surface area (Å²) in [5, 5.41) is 11.0. The van der Waals surface area contributed by atoms with Gasteiger partial charge in [0, 0.05) is 17.2 Å². The lowest BCUT2D eigenvalue weighted by atomic mass is 10.1. The number of carbonyl (C=O) groups is 1. The zero-order chi connectivity index (χ0) is 21.5. The molecule has 3 aromatic rings. The molecule has 0 bridgehead atoms. The predicted molar refractivity (Wildman–Crippen MR) is 115 cm³/mol. The molecule has 0 aliphatic heterocycles. The first-order valence-electron chi connectivity index (χ1n) is 9.37. The van der Waals surface area contributed by atoms with Crippen molar-refractivity contribution >= 4 is 12.1 Å². The smallest absolute Gasteiger partial charge is 0.289 e. The molecule has 0 aliphatic carbocycles. The van der Waals surface area contributed by atoms with Crippen LogP contribution in [0.1, 0.15) is 28.5 Å². The molecule has 0 saturated carbocycles. The van der Waals surface area contributed by atoms with Crippen LogP contribution in [0.2, 0.25) is 0 Å². The molecule has 1 amide bonds. The number of methoxy groups -OCH3 is 3. The Balaban J connectivity index is 1.71. The van der Waals surface area contributed by atoms with Crippen LogP contribution in [0.4, 0.5) is 0 Å². The Morgan fingerprint density at radius 2 is 1.70 bits per heavy atom. The van der Waals surface area contributed by atoms with Gasteiger partial charge in [-0.1, -0.05) is 31.2 Å². The fourth-order valence-corrected chi connectivity index (χ4v) is 2.87. The molecule has 0 fully saturated rings. The summed E-state index contributed by atoms with van der Waals surface area (Å²) in [5.74, 6) is 1.19. The van der Waals surface area contributed by atoms with E-state index >= 15 is 0 Å². The fraction of sp³-hybridized carbons (Fsp3) is 0.227. The molecule has 1 heterocycles. The van der Waals surface area contributed by atoms with Gasteiger partial charge in [0.25, 0.3) is 5.91 Å². The van der Waals surface area contributed by atoms with Gasteiger partial charge in [0.15, 0.2) is 11.5 Å². The second-order valence-corrected chi connectivity index (χ2v) is 6.37. The number of amides is 1. The van der Waals surface area contributed by atoms with Crippen molar-refractivity contribution in [3.8, 4) is 28.5 Å². The number of nitrogens with one attached hydrogen (secondary N) is 2. The van der Waals surface area contributed by atoms with E-state index in [4.69, 9.17) is 14.2 Å². The average molecular weight is 408 g/mol. The summed E-state index contributed by atoms with van der Waals surface area (Å²) in [5.41, 5.74) is 6.27. The molecule has 8 nitrogen and oxygen atoms in total. The van der Waals surface area contributed by atoms with Crippen molar-refractivity contribution in [2.45, 2.75) is 13.3 Å². The summed E-state index contributed by atoms with van der Waals surface area (Å²) in [6, 6.07) is 13.1. The average Bonchev–Trinajstić information content (AvgIpc) is 3.29. The maximum absolute atomic E-state index is 12.4. The number of hydrogen-bond donors (Lipinski definition) is 2. The van der Waals surface area contributed by atoms with Crippen molar-refractivity contribution in [1.82, 2.24) is 15.6 Å². The third-order valence-corrected chi connectivity index (χ3v) is 4.59. The SMILES string of the molecule is CCc1ccc(-c2cc(C(=O)N/N=C\c3cc(OC)c(OC)cc3OC)[nH]n2)cc1. The summed E-state index contributed by atoms with van der Waals surface area (Å²) >= 11 is 0.